The highest BCUT2D eigenvalue weighted by Crippen LogP contribution is 2.27. The molecule has 0 spiro atoms. The number of likely N-dealkylation sites (N-methyl/N-ethyl adjacent to an activating group) is 1. The van der Waals surface area contributed by atoms with E-state index in [1.165, 1.54) is 0 Å². The fourth-order valence-corrected chi connectivity index (χ4v) is 2.77. The predicted octanol–water partition coefficient (Wildman–Crippen LogP) is 2.64. The maximum atomic E-state index is 5.40. The Morgan fingerprint density at radius 3 is 2.96 bits per heavy atom. The molecule has 1 aromatic carbocycles. The fraction of sp³-hybridized carbons (Fsp3) is 0.412. The lowest BCUT2D eigenvalue weighted by Gasteiger charge is -2.30. The fourth-order valence-electron chi connectivity index (χ4n) is 2.77. The lowest BCUT2D eigenvalue weighted by Crippen LogP contribution is -2.44. The molecule has 1 saturated heterocycles. The molecule has 1 aliphatic rings. The zero-order valence-electron chi connectivity index (χ0n) is 14.2. The van der Waals surface area contributed by atoms with E-state index in [-0.39, 0.29) is 18.4 Å². The number of hydrogen-bond acceptors (Lipinski definition) is 6. The monoisotopic (exact) mass is 350 g/mol. The molecule has 2 heterocycles. The third-order valence-corrected chi connectivity index (χ3v) is 4.14. The van der Waals surface area contributed by atoms with E-state index in [9.17, 15) is 0 Å². The van der Waals surface area contributed by atoms with Crippen molar-refractivity contribution in [3.63, 3.8) is 0 Å². The summed E-state index contributed by atoms with van der Waals surface area (Å²) in [5.41, 5.74) is 2.04. The zero-order chi connectivity index (χ0) is 16.2. The van der Waals surface area contributed by atoms with Crippen LogP contribution in [0.2, 0.25) is 0 Å². The number of aromatic nitrogens is 2. The summed E-state index contributed by atoms with van der Waals surface area (Å²) in [7, 11) is 3.75. The molecule has 7 heteroatoms. The zero-order valence-corrected chi connectivity index (χ0v) is 15.0. The number of rotatable bonds is 4. The molecule has 0 saturated carbocycles. The van der Waals surface area contributed by atoms with Crippen LogP contribution in [0.1, 0.15) is 30.2 Å². The molecule has 0 bridgehead atoms. The topological polar surface area (TPSA) is 63.4 Å². The summed E-state index contributed by atoms with van der Waals surface area (Å²) < 4.78 is 10.8. The van der Waals surface area contributed by atoms with Gasteiger partial charge in [-0.25, -0.2) is 0 Å². The van der Waals surface area contributed by atoms with Gasteiger partial charge in [0.25, 0.3) is 5.89 Å². The van der Waals surface area contributed by atoms with E-state index in [2.05, 4.69) is 27.4 Å². The van der Waals surface area contributed by atoms with Crippen LogP contribution in [-0.2, 0) is 0 Å². The number of ether oxygens (including phenoxy) is 1. The van der Waals surface area contributed by atoms with Crippen LogP contribution < -0.4 is 10.1 Å². The average molecular weight is 351 g/mol. The largest absolute Gasteiger partial charge is 0.496 e. The minimum absolute atomic E-state index is 0. The third kappa shape index (κ3) is 3.95. The Morgan fingerprint density at radius 2 is 2.21 bits per heavy atom. The van der Waals surface area contributed by atoms with Crippen molar-refractivity contribution in [3.8, 4) is 5.75 Å². The Labute approximate surface area is 148 Å². The second kappa shape index (κ2) is 8.28. The average Bonchev–Trinajstić information content (AvgIpc) is 3.03. The molecular weight excluding hydrogens is 328 g/mol. The Morgan fingerprint density at radius 1 is 1.42 bits per heavy atom. The van der Waals surface area contributed by atoms with Crippen molar-refractivity contribution < 1.29 is 9.26 Å². The van der Waals surface area contributed by atoms with Crippen molar-refractivity contribution in [3.05, 3.63) is 41.5 Å². The van der Waals surface area contributed by atoms with Crippen LogP contribution >= 0.6 is 12.4 Å². The van der Waals surface area contributed by atoms with E-state index in [4.69, 9.17) is 9.26 Å². The lowest BCUT2D eigenvalue weighted by molar-refractivity contribution is 0.190. The normalized spacial score (nSPS) is 19.0. The number of methoxy groups -OCH3 is 1. The van der Waals surface area contributed by atoms with Crippen molar-refractivity contribution in [1.82, 2.24) is 20.4 Å². The number of nitrogens with zero attached hydrogens (tertiary/aromatic N) is 3. The number of para-hydroxylation sites is 1. The molecule has 130 valence electrons. The molecule has 1 aromatic heterocycles. The van der Waals surface area contributed by atoms with Gasteiger partial charge in [0.2, 0.25) is 0 Å². The molecule has 0 aliphatic carbocycles. The van der Waals surface area contributed by atoms with Crippen molar-refractivity contribution in [2.24, 2.45) is 0 Å². The van der Waals surface area contributed by atoms with Gasteiger partial charge in [-0.2, -0.15) is 4.98 Å². The first-order chi connectivity index (χ1) is 11.2. The van der Waals surface area contributed by atoms with Gasteiger partial charge in [-0.3, -0.25) is 4.90 Å². The van der Waals surface area contributed by atoms with Gasteiger partial charge in [-0.15, -0.1) is 12.4 Å². The maximum absolute atomic E-state index is 5.40. The Bertz CT molecular complexity index is 701. The second-order valence-electron chi connectivity index (χ2n) is 5.72. The molecule has 0 radical (unpaired) electrons. The van der Waals surface area contributed by atoms with Crippen LogP contribution in [0.25, 0.3) is 11.6 Å². The molecule has 1 atom stereocenters. The van der Waals surface area contributed by atoms with E-state index in [1.54, 1.807) is 7.11 Å². The highest BCUT2D eigenvalue weighted by atomic mass is 35.5. The first-order valence-electron chi connectivity index (χ1n) is 7.75. The minimum atomic E-state index is 0. The number of piperazine rings is 1. The van der Waals surface area contributed by atoms with Crippen LogP contribution in [0, 0.1) is 0 Å². The number of halogens is 1. The first-order valence-corrected chi connectivity index (χ1v) is 7.75. The van der Waals surface area contributed by atoms with Crippen LogP contribution in [0.15, 0.2) is 28.8 Å². The first kappa shape index (κ1) is 18.4. The van der Waals surface area contributed by atoms with E-state index in [1.807, 2.05) is 37.3 Å². The van der Waals surface area contributed by atoms with E-state index in [0.29, 0.717) is 5.89 Å². The van der Waals surface area contributed by atoms with Gasteiger partial charge in [0.1, 0.15) is 5.75 Å². The molecule has 2 aromatic rings. The second-order valence-corrected chi connectivity index (χ2v) is 5.72. The summed E-state index contributed by atoms with van der Waals surface area (Å²) in [4.78, 5) is 6.77. The van der Waals surface area contributed by atoms with E-state index in [0.717, 1.165) is 42.3 Å². The number of hydrogen-bond donors (Lipinski definition) is 1. The van der Waals surface area contributed by atoms with Crippen LogP contribution in [0.4, 0.5) is 0 Å². The Hall–Kier alpha value is -1.89. The van der Waals surface area contributed by atoms with Gasteiger partial charge in [-0.05, 0) is 25.6 Å². The smallest absolute Gasteiger partial charge is 0.250 e. The SMILES string of the molecule is COc1ccccc1/C(C)=C/c1nc(C2CNCCN2C)no1.Cl. The third-order valence-electron chi connectivity index (χ3n) is 4.14. The standard InChI is InChI=1S/C17H22N4O2.ClH/c1-12(13-6-4-5-7-15(13)22-3)10-16-19-17(20-23-16)14-11-18-8-9-21(14)2;/h4-7,10,14,18H,8-9,11H2,1-3H3;1H/b12-10+;. The molecule has 6 nitrogen and oxygen atoms in total. The minimum Gasteiger partial charge on any atom is -0.496 e. The van der Waals surface area contributed by atoms with Gasteiger partial charge < -0.3 is 14.6 Å². The maximum Gasteiger partial charge on any atom is 0.250 e. The molecule has 1 unspecified atom stereocenters. The Kier molecular flexibility index (Phi) is 6.36. The molecule has 1 N–H and O–H groups in total. The molecule has 1 fully saturated rings. The molecular formula is C17H23ClN4O2. The van der Waals surface area contributed by atoms with Crippen LogP contribution in [0.3, 0.4) is 0 Å². The van der Waals surface area contributed by atoms with Gasteiger partial charge in [0, 0.05) is 31.3 Å². The highest BCUT2D eigenvalue weighted by molar-refractivity contribution is 5.85. The van der Waals surface area contributed by atoms with Crippen LogP contribution in [-0.4, -0.2) is 48.8 Å². The highest BCUT2D eigenvalue weighted by Gasteiger charge is 2.24. The van der Waals surface area contributed by atoms with Crippen LogP contribution in [0.5, 0.6) is 5.75 Å². The summed E-state index contributed by atoms with van der Waals surface area (Å²) in [6, 6.07) is 8.04. The van der Waals surface area contributed by atoms with Gasteiger partial charge in [0.15, 0.2) is 5.82 Å². The Balaban J connectivity index is 0.00000208. The van der Waals surface area contributed by atoms with E-state index < -0.39 is 0 Å². The van der Waals surface area contributed by atoms with Crippen molar-refractivity contribution >= 4 is 24.1 Å². The summed E-state index contributed by atoms with van der Waals surface area (Å²) >= 11 is 0. The summed E-state index contributed by atoms with van der Waals surface area (Å²) in [5.74, 6) is 2.07. The van der Waals surface area contributed by atoms with Crippen molar-refractivity contribution in [2.45, 2.75) is 13.0 Å². The van der Waals surface area contributed by atoms with Crippen molar-refractivity contribution in [2.75, 3.05) is 33.8 Å². The number of nitrogens with one attached hydrogen (secondary N) is 1. The molecule has 3 rings (SSSR count). The molecule has 0 amide bonds. The quantitative estimate of drug-likeness (QED) is 0.914. The van der Waals surface area contributed by atoms with E-state index >= 15 is 0 Å². The summed E-state index contributed by atoms with van der Waals surface area (Å²) in [6.45, 7) is 4.82. The van der Waals surface area contributed by atoms with Gasteiger partial charge in [0.05, 0.1) is 13.2 Å². The summed E-state index contributed by atoms with van der Waals surface area (Å²) in [5, 5.41) is 7.50. The predicted molar refractivity (Wildman–Crippen MR) is 96.3 cm³/mol. The molecule has 24 heavy (non-hydrogen) atoms. The number of allylic oxidation sites excluding steroid dienone is 1. The van der Waals surface area contributed by atoms with Gasteiger partial charge in [-0.1, -0.05) is 23.4 Å². The van der Waals surface area contributed by atoms with Crippen molar-refractivity contribution in [1.29, 1.82) is 0 Å². The summed E-state index contributed by atoms with van der Waals surface area (Å²) in [6.07, 6.45) is 1.89. The van der Waals surface area contributed by atoms with Gasteiger partial charge >= 0.3 is 0 Å². The molecule has 1 aliphatic heterocycles. The number of benzene rings is 1. The lowest BCUT2D eigenvalue weighted by atomic mass is 10.1.